The summed E-state index contributed by atoms with van der Waals surface area (Å²) in [6.45, 7) is 0.473. The van der Waals surface area contributed by atoms with Crippen LogP contribution in [0.15, 0.2) is 42.5 Å². The number of likely N-dealkylation sites (tertiary alicyclic amines) is 1. The summed E-state index contributed by atoms with van der Waals surface area (Å²) < 4.78 is 31.9. The van der Waals surface area contributed by atoms with Crippen molar-refractivity contribution in [2.24, 2.45) is 0 Å². The average Bonchev–Trinajstić information content (AvgIpc) is 2.60. The second-order valence-corrected chi connectivity index (χ2v) is 6.25. The number of carbonyl (C=O) groups excluding carboxylic acids is 1. The van der Waals surface area contributed by atoms with Crippen LogP contribution in [0.4, 0.5) is 8.78 Å². The molecule has 1 aliphatic heterocycles. The van der Waals surface area contributed by atoms with Crippen molar-refractivity contribution in [1.82, 2.24) is 4.90 Å². The number of aliphatic hydroxyl groups is 1. The van der Waals surface area contributed by atoms with Crippen molar-refractivity contribution in [3.8, 4) is 5.75 Å². The lowest BCUT2D eigenvalue weighted by atomic mass is 9.85. The first-order valence-corrected chi connectivity index (χ1v) is 8.03. The number of ether oxygens (including phenoxy) is 1. The van der Waals surface area contributed by atoms with Gasteiger partial charge >= 0.3 is 0 Å². The van der Waals surface area contributed by atoms with Crippen molar-refractivity contribution in [2.75, 3.05) is 20.2 Å². The summed E-state index contributed by atoms with van der Waals surface area (Å²) in [5.41, 5.74) is -0.643. The van der Waals surface area contributed by atoms with E-state index in [2.05, 4.69) is 0 Å². The van der Waals surface area contributed by atoms with E-state index in [0.29, 0.717) is 30.7 Å². The van der Waals surface area contributed by atoms with Crippen LogP contribution in [0.1, 0.15) is 28.8 Å². The van der Waals surface area contributed by atoms with E-state index in [1.165, 1.54) is 4.90 Å². The smallest absolute Gasteiger partial charge is 0.254 e. The van der Waals surface area contributed by atoms with Gasteiger partial charge in [-0.05, 0) is 42.7 Å². The molecule has 1 fully saturated rings. The molecule has 2 aromatic carbocycles. The number of nitrogens with zero attached hydrogens (tertiary/aromatic N) is 1. The van der Waals surface area contributed by atoms with Crippen molar-refractivity contribution in [1.29, 1.82) is 0 Å². The van der Waals surface area contributed by atoms with E-state index in [1.807, 2.05) is 0 Å². The monoisotopic (exact) mass is 347 g/mol. The third-order valence-corrected chi connectivity index (χ3v) is 4.47. The van der Waals surface area contributed by atoms with Crippen LogP contribution in [0.5, 0.6) is 5.75 Å². The molecule has 6 heteroatoms. The molecule has 1 N–H and O–H groups in total. The fourth-order valence-electron chi connectivity index (χ4n) is 3.22. The quantitative estimate of drug-likeness (QED) is 0.928. The minimum atomic E-state index is -1.23. The molecule has 3 rings (SSSR count). The Morgan fingerprint density at radius 3 is 2.60 bits per heavy atom. The molecule has 2 aromatic rings. The Morgan fingerprint density at radius 2 is 1.92 bits per heavy atom. The first-order valence-electron chi connectivity index (χ1n) is 8.03. The van der Waals surface area contributed by atoms with Crippen molar-refractivity contribution >= 4 is 5.91 Å². The number of hydrogen-bond donors (Lipinski definition) is 1. The minimum absolute atomic E-state index is 0.0527. The molecule has 1 aliphatic rings. The van der Waals surface area contributed by atoms with E-state index in [9.17, 15) is 18.7 Å². The van der Waals surface area contributed by atoms with Crippen LogP contribution in [-0.4, -0.2) is 36.1 Å². The Kier molecular flexibility index (Phi) is 4.72. The van der Waals surface area contributed by atoms with Gasteiger partial charge in [-0.2, -0.15) is 0 Å². The second kappa shape index (κ2) is 6.80. The highest BCUT2D eigenvalue weighted by Gasteiger charge is 2.37. The molecule has 25 heavy (non-hydrogen) atoms. The van der Waals surface area contributed by atoms with Crippen LogP contribution in [0.3, 0.4) is 0 Å². The Morgan fingerprint density at radius 1 is 1.20 bits per heavy atom. The number of amides is 1. The van der Waals surface area contributed by atoms with Gasteiger partial charge in [-0.15, -0.1) is 0 Å². The van der Waals surface area contributed by atoms with Crippen molar-refractivity contribution < 1.29 is 23.4 Å². The maximum Gasteiger partial charge on any atom is 0.254 e. The predicted octanol–water partition coefficient (Wildman–Crippen LogP) is 3.10. The Labute approximate surface area is 144 Å². The van der Waals surface area contributed by atoms with Crippen LogP contribution < -0.4 is 4.74 Å². The summed E-state index contributed by atoms with van der Waals surface area (Å²) in [5, 5.41) is 11.0. The molecule has 0 radical (unpaired) electrons. The third kappa shape index (κ3) is 3.64. The third-order valence-electron chi connectivity index (χ3n) is 4.47. The maximum atomic E-state index is 13.4. The van der Waals surface area contributed by atoms with E-state index >= 15 is 0 Å². The number of β-amino-alcohol motifs (C(OH)–C–C–N with tert-alkyl or cyclic N) is 1. The predicted molar refractivity (Wildman–Crippen MR) is 88.4 cm³/mol. The van der Waals surface area contributed by atoms with Gasteiger partial charge in [-0.25, -0.2) is 8.78 Å². The average molecular weight is 347 g/mol. The number of piperidine rings is 1. The maximum absolute atomic E-state index is 13.4. The highest BCUT2D eigenvalue weighted by atomic mass is 19.1. The van der Waals surface area contributed by atoms with Gasteiger partial charge in [-0.1, -0.05) is 12.1 Å². The molecular weight excluding hydrogens is 328 g/mol. The summed E-state index contributed by atoms with van der Waals surface area (Å²) in [4.78, 5) is 14.0. The molecule has 132 valence electrons. The fourth-order valence-corrected chi connectivity index (χ4v) is 3.22. The van der Waals surface area contributed by atoms with Crippen LogP contribution in [0.25, 0.3) is 0 Å². The molecule has 0 aliphatic carbocycles. The number of hydrogen-bond acceptors (Lipinski definition) is 3. The lowest BCUT2D eigenvalue weighted by Gasteiger charge is -2.39. The summed E-state index contributed by atoms with van der Waals surface area (Å²) in [6, 6.07) is 9.78. The summed E-state index contributed by atoms with van der Waals surface area (Å²) in [6.07, 6.45) is 1.07. The van der Waals surface area contributed by atoms with E-state index in [-0.39, 0.29) is 12.1 Å². The summed E-state index contributed by atoms with van der Waals surface area (Å²) in [5.74, 6) is -1.49. The van der Waals surface area contributed by atoms with Gasteiger partial charge in [0.1, 0.15) is 23.0 Å². The fraction of sp³-hybridized carbons (Fsp3) is 0.316. The largest absolute Gasteiger partial charge is 0.497 e. The van der Waals surface area contributed by atoms with E-state index < -0.39 is 23.1 Å². The number of halogens is 2. The standard InChI is InChI=1S/C19H19F2NO3/c1-25-17-5-2-4-14(10-17)19(24)6-3-7-22(12-19)18(23)13-8-15(20)11-16(21)9-13/h2,4-5,8-11,24H,3,6-7,12H2,1H3. The number of rotatable bonds is 3. The van der Waals surface area contributed by atoms with Gasteiger partial charge in [0.15, 0.2) is 0 Å². The lowest BCUT2D eigenvalue weighted by molar-refractivity contribution is -0.0290. The molecule has 0 spiro atoms. The molecule has 0 bridgehead atoms. The van der Waals surface area contributed by atoms with Gasteiger partial charge in [0.25, 0.3) is 5.91 Å². The van der Waals surface area contributed by atoms with Crippen LogP contribution in [-0.2, 0) is 5.60 Å². The van der Waals surface area contributed by atoms with Gasteiger partial charge in [0.05, 0.1) is 13.7 Å². The summed E-state index contributed by atoms with van der Waals surface area (Å²) in [7, 11) is 1.54. The van der Waals surface area contributed by atoms with Crippen molar-refractivity contribution in [3.05, 3.63) is 65.2 Å². The molecule has 0 aromatic heterocycles. The minimum Gasteiger partial charge on any atom is -0.497 e. The van der Waals surface area contributed by atoms with Gasteiger partial charge in [-0.3, -0.25) is 4.79 Å². The molecule has 1 heterocycles. The zero-order valence-corrected chi connectivity index (χ0v) is 13.8. The Hall–Kier alpha value is -2.47. The topological polar surface area (TPSA) is 49.8 Å². The normalized spacial score (nSPS) is 20.4. The van der Waals surface area contributed by atoms with Crippen LogP contribution in [0.2, 0.25) is 0 Å². The van der Waals surface area contributed by atoms with Crippen molar-refractivity contribution in [2.45, 2.75) is 18.4 Å². The molecule has 1 amide bonds. The zero-order valence-electron chi connectivity index (χ0n) is 13.8. The highest BCUT2D eigenvalue weighted by molar-refractivity contribution is 5.94. The number of methoxy groups -OCH3 is 1. The van der Waals surface area contributed by atoms with Gasteiger partial charge in [0.2, 0.25) is 0 Å². The molecule has 1 atom stereocenters. The van der Waals surface area contributed by atoms with Gasteiger partial charge in [0, 0.05) is 18.2 Å². The van der Waals surface area contributed by atoms with Crippen molar-refractivity contribution in [3.63, 3.8) is 0 Å². The zero-order chi connectivity index (χ0) is 18.0. The molecule has 4 nitrogen and oxygen atoms in total. The van der Waals surface area contributed by atoms with Crippen LogP contribution >= 0.6 is 0 Å². The molecule has 1 unspecified atom stereocenters. The Bertz CT molecular complexity index is 776. The number of benzene rings is 2. The van der Waals surface area contributed by atoms with Gasteiger partial charge < -0.3 is 14.7 Å². The first-order chi connectivity index (χ1) is 11.9. The SMILES string of the molecule is COc1cccc(C2(O)CCCN(C(=O)c3cc(F)cc(F)c3)C2)c1. The lowest BCUT2D eigenvalue weighted by Crippen LogP contribution is -2.48. The van der Waals surface area contributed by atoms with E-state index in [0.717, 1.165) is 18.2 Å². The second-order valence-electron chi connectivity index (χ2n) is 6.25. The van der Waals surface area contributed by atoms with E-state index in [4.69, 9.17) is 4.74 Å². The first kappa shape index (κ1) is 17.4. The molecule has 1 saturated heterocycles. The van der Waals surface area contributed by atoms with E-state index in [1.54, 1.807) is 31.4 Å². The molecular formula is C19H19F2NO3. The Balaban J connectivity index is 1.85. The summed E-state index contributed by atoms with van der Waals surface area (Å²) >= 11 is 0. The van der Waals surface area contributed by atoms with Crippen LogP contribution in [0, 0.1) is 11.6 Å². The highest BCUT2D eigenvalue weighted by Crippen LogP contribution is 2.33. The molecule has 0 saturated carbocycles. The number of carbonyl (C=O) groups is 1.